The van der Waals surface area contributed by atoms with Crippen LogP contribution in [0.25, 0.3) is 0 Å². The predicted octanol–water partition coefficient (Wildman–Crippen LogP) is 6.08. The van der Waals surface area contributed by atoms with Gasteiger partial charge in [-0.2, -0.15) is 4.31 Å². The zero-order valence-corrected chi connectivity index (χ0v) is 20.0. The highest BCUT2D eigenvalue weighted by Crippen LogP contribution is 2.27. The third-order valence-corrected chi connectivity index (χ3v) is 7.14. The molecule has 0 N–H and O–H groups in total. The number of hydrogen-bond donors (Lipinski definition) is 0. The fourth-order valence-corrected chi connectivity index (χ4v) is 4.89. The molecule has 0 amide bonds. The molecule has 0 unspecified atom stereocenters. The zero-order chi connectivity index (χ0) is 24.0. The fourth-order valence-electron chi connectivity index (χ4n) is 3.35. The number of sulfonamides is 1. The number of halogens is 1. The number of nitrogens with zero attached hydrogens (tertiary/aromatic N) is 2. The standard InChI is InChI=1S/C26H23ClN2O4S/c1-32-26-10-6-5-9-25(26)28-17-22-15-16-23(33-22)19-29(18-20-11-13-21(27)14-12-20)34(30,31)24-7-3-2-4-8-24/h2-17H,18-19H2,1H3. The Morgan fingerprint density at radius 1 is 0.912 bits per heavy atom. The van der Waals surface area contributed by atoms with Crippen molar-refractivity contribution in [2.75, 3.05) is 7.11 Å². The first-order valence-corrected chi connectivity index (χ1v) is 12.3. The van der Waals surface area contributed by atoms with Gasteiger partial charge in [-0.25, -0.2) is 13.4 Å². The molecule has 34 heavy (non-hydrogen) atoms. The minimum atomic E-state index is -3.77. The third-order valence-electron chi connectivity index (χ3n) is 5.08. The second-order valence-electron chi connectivity index (χ2n) is 7.45. The van der Waals surface area contributed by atoms with Crippen LogP contribution in [-0.2, 0) is 23.1 Å². The van der Waals surface area contributed by atoms with Crippen LogP contribution in [0.5, 0.6) is 5.75 Å². The van der Waals surface area contributed by atoms with Crippen LogP contribution in [0.2, 0.25) is 5.02 Å². The van der Waals surface area contributed by atoms with Gasteiger partial charge in [0.15, 0.2) is 0 Å². The topological polar surface area (TPSA) is 72.1 Å². The van der Waals surface area contributed by atoms with Gasteiger partial charge in [0, 0.05) is 11.6 Å². The molecule has 1 aromatic heterocycles. The van der Waals surface area contributed by atoms with Crippen molar-refractivity contribution in [3.63, 3.8) is 0 Å². The van der Waals surface area contributed by atoms with Crippen molar-refractivity contribution in [2.45, 2.75) is 18.0 Å². The average Bonchev–Trinajstić information content (AvgIpc) is 3.31. The SMILES string of the molecule is COc1ccccc1N=Cc1ccc(CN(Cc2ccc(Cl)cc2)S(=O)(=O)c2ccccc2)o1. The van der Waals surface area contributed by atoms with Gasteiger partial charge in [-0.1, -0.05) is 54.1 Å². The van der Waals surface area contributed by atoms with Crippen LogP contribution < -0.4 is 4.74 Å². The molecule has 0 aliphatic carbocycles. The number of para-hydroxylation sites is 2. The Kier molecular flexibility index (Phi) is 7.47. The Morgan fingerprint density at radius 3 is 2.35 bits per heavy atom. The lowest BCUT2D eigenvalue weighted by Gasteiger charge is -2.21. The predicted molar refractivity (Wildman–Crippen MR) is 133 cm³/mol. The van der Waals surface area contributed by atoms with Crippen molar-refractivity contribution in [2.24, 2.45) is 4.99 Å². The van der Waals surface area contributed by atoms with Crippen molar-refractivity contribution in [1.29, 1.82) is 0 Å². The molecule has 0 aliphatic rings. The van der Waals surface area contributed by atoms with E-state index in [-0.39, 0.29) is 18.0 Å². The highest BCUT2D eigenvalue weighted by molar-refractivity contribution is 7.89. The fraction of sp³-hybridized carbons (Fsp3) is 0.115. The largest absolute Gasteiger partial charge is 0.494 e. The van der Waals surface area contributed by atoms with Crippen molar-refractivity contribution in [3.05, 3.63) is 113 Å². The first kappa shape index (κ1) is 23.8. The van der Waals surface area contributed by atoms with E-state index in [1.807, 2.05) is 36.4 Å². The summed E-state index contributed by atoms with van der Waals surface area (Å²) in [7, 11) is -2.19. The smallest absolute Gasteiger partial charge is 0.243 e. The number of rotatable bonds is 9. The molecule has 4 rings (SSSR count). The summed E-state index contributed by atoms with van der Waals surface area (Å²) in [5.74, 6) is 1.65. The molecule has 0 radical (unpaired) electrons. The number of hydrogen-bond acceptors (Lipinski definition) is 5. The van der Waals surface area contributed by atoms with Gasteiger partial charge >= 0.3 is 0 Å². The minimum absolute atomic E-state index is 0.0579. The molecule has 1 heterocycles. The van der Waals surface area contributed by atoms with Crippen molar-refractivity contribution >= 4 is 33.5 Å². The molecule has 0 saturated heterocycles. The lowest BCUT2D eigenvalue weighted by Crippen LogP contribution is -2.30. The molecule has 0 saturated carbocycles. The summed E-state index contributed by atoms with van der Waals surface area (Å²) in [6.45, 7) is 0.224. The average molecular weight is 495 g/mol. The van der Waals surface area contributed by atoms with E-state index in [4.69, 9.17) is 20.8 Å². The maximum atomic E-state index is 13.4. The monoisotopic (exact) mass is 494 g/mol. The molecule has 174 valence electrons. The van der Waals surface area contributed by atoms with Crippen molar-refractivity contribution < 1.29 is 17.6 Å². The lowest BCUT2D eigenvalue weighted by atomic mass is 10.2. The molecule has 8 heteroatoms. The molecule has 0 fully saturated rings. The zero-order valence-electron chi connectivity index (χ0n) is 18.5. The van der Waals surface area contributed by atoms with E-state index in [1.165, 1.54) is 4.31 Å². The van der Waals surface area contributed by atoms with E-state index < -0.39 is 10.0 Å². The summed E-state index contributed by atoms with van der Waals surface area (Å²) in [5, 5.41) is 0.589. The van der Waals surface area contributed by atoms with Gasteiger partial charge in [-0.3, -0.25) is 0 Å². The van der Waals surface area contributed by atoms with Gasteiger partial charge in [0.2, 0.25) is 10.0 Å². The first-order chi connectivity index (χ1) is 16.5. The van der Waals surface area contributed by atoms with Crippen LogP contribution in [0.1, 0.15) is 17.1 Å². The number of aliphatic imine (C=N–C) groups is 1. The van der Waals surface area contributed by atoms with Crippen LogP contribution in [0.4, 0.5) is 5.69 Å². The molecular weight excluding hydrogens is 472 g/mol. The van der Waals surface area contributed by atoms with E-state index in [9.17, 15) is 8.42 Å². The number of methoxy groups -OCH3 is 1. The van der Waals surface area contributed by atoms with Crippen LogP contribution >= 0.6 is 11.6 Å². The number of furan rings is 1. The molecule has 0 spiro atoms. The molecule has 4 aromatic rings. The summed E-state index contributed by atoms with van der Waals surface area (Å²) >= 11 is 5.99. The Morgan fingerprint density at radius 2 is 1.62 bits per heavy atom. The van der Waals surface area contributed by atoms with E-state index in [0.29, 0.717) is 28.0 Å². The van der Waals surface area contributed by atoms with Gasteiger partial charge < -0.3 is 9.15 Å². The third kappa shape index (κ3) is 5.75. The van der Waals surface area contributed by atoms with Crippen molar-refractivity contribution in [1.82, 2.24) is 4.31 Å². The Hall–Kier alpha value is -3.39. The maximum Gasteiger partial charge on any atom is 0.243 e. The lowest BCUT2D eigenvalue weighted by molar-refractivity contribution is 0.357. The second-order valence-corrected chi connectivity index (χ2v) is 9.82. The number of ether oxygens (including phenoxy) is 1. The highest BCUT2D eigenvalue weighted by Gasteiger charge is 2.26. The Labute approximate surface area is 204 Å². The highest BCUT2D eigenvalue weighted by atomic mass is 35.5. The molecule has 6 nitrogen and oxygen atoms in total. The molecule has 3 aromatic carbocycles. The molecule has 0 atom stereocenters. The normalized spacial score (nSPS) is 11.9. The van der Waals surface area contributed by atoms with E-state index >= 15 is 0 Å². The second kappa shape index (κ2) is 10.7. The quantitative estimate of drug-likeness (QED) is 0.264. The summed E-state index contributed by atoms with van der Waals surface area (Å²) < 4.78 is 39.4. The van der Waals surface area contributed by atoms with E-state index in [1.54, 1.807) is 67.9 Å². The van der Waals surface area contributed by atoms with Crippen LogP contribution in [-0.4, -0.2) is 26.0 Å². The summed E-state index contributed by atoms with van der Waals surface area (Å²) in [5.41, 5.74) is 1.48. The van der Waals surface area contributed by atoms with Crippen LogP contribution in [0, 0.1) is 0 Å². The Bertz CT molecular complexity index is 1370. The first-order valence-electron chi connectivity index (χ1n) is 10.5. The van der Waals surface area contributed by atoms with Gasteiger partial charge in [0.05, 0.1) is 24.8 Å². The Balaban J connectivity index is 1.58. The van der Waals surface area contributed by atoms with Crippen LogP contribution in [0.3, 0.4) is 0 Å². The molecule has 0 aliphatic heterocycles. The molecular formula is C26H23ClN2O4S. The summed E-state index contributed by atoms with van der Waals surface area (Å²) in [4.78, 5) is 4.64. The van der Waals surface area contributed by atoms with E-state index in [0.717, 1.165) is 5.56 Å². The maximum absolute atomic E-state index is 13.4. The van der Waals surface area contributed by atoms with Gasteiger partial charge in [-0.05, 0) is 54.1 Å². The molecule has 0 bridgehead atoms. The van der Waals surface area contributed by atoms with E-state index in [2.05, 4.69) is 4.99 Å². The summed E-state index contributed by atoms with van der Waals surface area (Å²) in [6, 6.07) is 26.3. The van der Waals surface area contributed by atoms with Gasteiger partial charge in [0.25, 0.3) is 0 Å². The number of benzene rings is 3. The van der Waals surface area contributed by atoms with Gasteiger partial charge in [0.1, 0.15) is 23.0 Å². The van der Waals surface area contributed by atoms with Crippen LogP contribution in [0.15, 0.2) is 105 Å². The van der Waals surface area contributed by atoms with Crippen molar-refractivity contribution in [3.8, 4) is 5.75 Å². The summed E-state index contributed by atoms with van der Waals surface area (Å²) in [6.07, 6.45) is 1.58. The van der Waals surface area contributed by atoms with Gasteiger partial charge in [-0.15, -0.1) is 0 Å². The minimum Gasteiger partial charge on any atom is -0.494 e.